The van der Waals surface area contributed by atoms with Crippen LogP contribution < -0.4 is 10.9 Å². The van der Waals surface area contributed by atoms with Crippen LogP contribution in [0.25, 0.3) is 28.0 Å². The lowest BCUT2D eigenvalue weighted by Crippen LogP contribution is -2.26. The number of hydrogen-bond acceptors (Lipinski definition) is 5. The van der Waals surface area contributed by atoms with Crippen LogP contribution in [0.4, 0.5) is 5.69 Å². The minimum Gasteiger partial charge on any atom is -0.456 e. The molecule has 0 unspecified atom stereocenters. The van der Waals surface area contributed by atoms with Crippen molar-refractivity contribution in [2.24, 2.45) is 0 Å². The number of fused-ring (bicyclic) bond motifs is 1. The third-order valence-electron chi connectivity index (χ3n) is 6.19. The van der Waals surface area contributed by atoms with Crippen molar-refractivity contribution in [1.29, 1.82) is 5.41 Å². The van der Waals surface area contributed by atoms with Crippen LogP contribution >= 0.6 is 23.2 Å². The fourth-order valence-electron chi connectivity index (χ4n) is 4.40. The minimum absolute atomic E-state index is 0.205. The number of pyridine rings is 1. The van der Waals surface area contributed by atoms with Gasteiger partial charge in [-0.2, -0.15) is 0 Å². The van der Waals surface area contributed by atoms with Crippen molar-refractivity contribution >= 4 is 46.1 Å². The number of nitrogens with zero attached hydrogens (tertiary/aromatic N) is 2. The lowest BCUT2D eigenvalue weighted by atomic mass is 10.1. The predicted molar refractivity (Wildman–Crippen MR) is 151 cm³/mol. The Balaban J connectivity index is 0.00000148. The molecule has 0 amide bonds. The molecule has 0 spiro atoms. The number of furan rings is 1. The van der Waals surface area contributed by atoms with E-state index in [1.54, 1.807) is 41.1 Å². The molecular weight excluding hydrogens is 495 g/mol. The molecule has 8 heteroatoms. The quantitative estimate of drug-likeness (QED) is 0.253. The summed E-state index contributed by atoms with van der Waals surface area (Å²) in [6.45, 7) is 8.11. The topological polar surface area (TPSA) is 74.3 Å². The fourth-order valence-corrected chi connectivity index (χ4v) is 4.90. The largest absolute Gasteiger partial charge is 0.456 e. The van der Waals surface area contributed by atoms with Crippen LogP contribution in [-0.2, 0) is 0 Å². The first-order chi connectivity index (χ1) is 17.5. The molecule has 0 aliphatic carbocycles. The van der Waals surface area contributed by atoms with Gasteiger partial charge in [0.2, 0.25) is 0 Å². The van der Waals surface area contributed by atoms with Crippen LogP contribution in [0.15, 0.2) is 63.9 Å². The Labute approximate surface area is 220 Å². The number of halogens is 2. The van der Waals surface area contributed by atoms with Gasteiger partial charge in [-0.3, -0.25) is 9.36 Å². The monoisotopic (exact) mass is 524 g/mol. The molecule has 1 aliphatic rings. The highest BCUT2D eigenvalue weighted by Gasteiger charge is 2.15. The van der Waals surface area contributed by atoms with Gasteiger partial charge in [-0.1, -0.05) is 37.0 Å². The zero-order chi connectivity index (χ0) is 25.7. The van der Waals surface area contributed by atoms with Crippen LogP contribution in [0.5, 0.6) is 0 Å². The molecule has 1 fully saturated rings. The molecule has 0 saturated carbocycles. The van der Waals surface area contributed by atoms with Gasteiger partial charge in [-0.25, -0.2) is 0 Å². The lowest BCUT2D eigenvalue weighted by molar-refractivity contribution is 0.352. The highest BCUT2D eigenvalue weighted by molar-refractivity contribution is 6.36. The standard InChI is InChI=1S/C26H24Cl2N4O2.C2H6/c27-18-3-5-20(22(28)14-18)25-15-21-24(34-25)7-11-32(26(21)33)19-4-6-23(17(13-19)16-29)30-8-12-31-9-1-2-10-31;1-2/h3-7,11,13-16,29-30H,1-2,8-10,12H2;1-2H3. The van der Waals surface area contributed by atoms with Crippen molar-refractivity contribution in [3.63, 3.8) is 0 Å². The predicted octanol–water partition coefficient (Wildman–Crippen LogP) is 7.09. The SMILES string of the molecule is CC.N=Cc1cc(-n2ccc3oc(-c4ccc(Cl)cc4Cl)cc3c2=O)ccc1NCCN1CCCC1. The summed E-state index contributed by atoms with van der Waals surface area (Å²) < 4.78 is 7.47. The van der Waals surface area contributed by atoms with E-state index in [2.05, 4.69) is 10.2 Å². The molecule has 4 aromatic rings. The summed E-state index contributed by atoms with van der Waals surface area (Å²) in [5.41, 5.74) is 3.24. The molecule has 6 nitrogen and oxygen atoms in total. The van der Waals surface area contributed by atoms with Crippen molar-refractivity contribution in [3.8, 4) is 17.0 Å². The number of anilines is 1. The summed E-state index contributed by atoms with van der Waals surface area (Å²) in [7, 11) is 0. The van der Waals surface area contributed by atoms with Gasteiger partial charge in [0.1, 0.15) is 11.3 Å². The summed E-state index contributed by atoms with van der Waals surface area (Å²) in [6, 6.07) is 14.3. The number of hydrogen-bond donors (Lipinski definition) is 2. The molecule has 36 heavy (non-hydrogen) atoms. The van der Waals surface area contributed by atoms with Crippen molar-refractivity contribution < 1.29 is 4.42 Å². The van der Waals surface area contributed by atoms with Gasteiger partial charge < -0.3 is 20.0 Å². The maximum Gasteiger partial charge on any atom is 0.266 e. The van der Waals surface area contributed by atoms with Crippen LogP contribution in [0, 0.1) is 5.41 Å². The van der Waals surface area contributed by atoms with E-state index in [0.29, 0.717) is 38.0 Å². The summed E-state index contributed by atoms with van der Waals surface area (Å²) in [5.74, 6) is 0.504. The normalized spacial score (nSPS) is 13.4. The third-order valence-corrected chi connectivity index (χ3v) is 6.74. The Kier molecular flexibility index (Phi) is 8.52. The van der Waals surface area contributed by atoms with Crippen molar-refractivity contribution in [2.45, 2.75) is 26.7 Å². The maximum absolute atomic E-state index is 13.3. The van der Waals surface area contributed by atoms with Gasteiger partial charge in [0.15, 0.2) is 0 Å². The summed E-state index contributed by atoms with van der Waals surface area (Å²) in [4.78, 5) is 15.7. The van der Waals surface area contributed by atoms with Crippen molar-refractivity contribution in [1.82, 2.24) is 9.47 Å². The number of benzene rings is 2. The molecule has 5 rings (SSSR count). The number of rotatable bonds is 7. The molecule has 0 radical (unpaired) electrons. The van der Waals surface area contributed by atoms with E-state index >= 15 is 0 Å². The molecule has 0 bridgehead atoms. The van der Waals surface area contributed by atoms with Gasteiger partial charge in [-0.05, 0) is 74.5 Å². The summed E-state index contributed by atoms with van der Waals surface area (Å²) >= 11 is 12.3. The highest BCUT2D eigenvalue weighted by Crippen LogP contribution is 2.33. The van der Waals surface area contributed by atoms with Gasteiger partial charge in [0.05, 0.1) is 10.4 Å². The Morgan fingerprint density at radius 3 is 2.56 bits per heavy atom. The van der Waals surface area contributed by atoms with Gasteiger partial charge in [0, 0.05) is 53.0 Å². The smallest absolute Gasteiger partial charge is 0.266 e. The average molecular weight is 525 g/mol. The van der Waals surface area contributed by atoms with E-state index < -0.39 is 0 Å². The highest BCUT2D eigenvalue weighted by atomic mass is 35.5. The van der Waals surface area contributed by atoms with Crippen molar-refractivity contribution in [3.05, 3.63) is 80.7 Å². The zero-order valence-electron chi connectivity index (χ0n) is 20.5. The lowest BCUT2D eigenvalue weighted by Gasteiger charge is -2.17. The van der Waals surface area contributed by atoms with E-state index in [1.165, 1.54) is 19.1 Å². The van der Waals surface area contributed by atoms with Gasteiger partial charge in [-0.15, -0.1) is 0 Å². The Bertz CT molecular complexity index is 1420. The number of aromatic nitrogens is 1. The van der Waals surface area contributed by atoms with Crippen LogP contribution in [-0.4, -0.2) is 41.9 Å². The Morgan fingerprint density at radius 2 is 1.83 bits per heavy atom. The first-order valence-electron chi connectivity index (χ1n) is 12.3. The first kappa shape index (κ1) is 26.0. The van der Waals surface area contributed by atoms with Gasteiger partial charge in [0.25, 0.3) is 5.56 Å². The van der Waals surface area contributed by atoms with Crippen molar-refractivity contribution in [2.75, 3.05) is 31.5 Å². The second-order valence-corrected chi connectivity index (χ2v) is 9.24. The molecule has 2 N–H and O–H groups in total. The second kappa shape index (κ2) is 11.8. The van der Waals surface area contributed by atoms with Crippen LogP contribution in [0.1, 0.15) is 32.3 Å². The second-order valence-electron chi connectivity index (χ2n) is 8.40. The maximum atomic E-state index is 13.3. The first-order valence-corrected chi connectivity index (χ1v) is 13.0. The molecular formula is C28H30Cl2N4O2. The van der Waals surface area contributed by atoms with E-state index in [9.17, 15) is 4.79 Å². The fraction of sp³-hybridized carbons (Fsp3) is 0.286. The molecule has 0 atom stereocenters. The van der Waals surface area contributed by atoms with E-state index in [1.807, 2.05) is 32.0 Å². The molecule has 2 aromatic heterocycles. The summed E-state index contributed by atoms with van der Waals surface area (Å²) in [6.07, 6.45) is 5.53. The van der Waals surface area contributed by atoms with Gasteiger partial charge >= 0.3 is 0 Å². The Hall–Kier alpha value is -3.06. The molecule has 2 aromatic carbocycles. The third kappa shape index (κ3) is 5.51. The minimum atomic E-state index is -0.205. The van der Waals surface area contributed by atoms with Crippen LogP contribution in [0.2, 0.25) is 10.0 Å². The average Bonchev–Trinajstić information content (AvgIpc) is 3.56. The summed E-state index contributed by atoms with van der Waals surface area (Å²) in [5, 5.41) is 12.7. The van der Waals surface area contributed by atoms with E-state index in [-0.39, 0.29) is 5.56 Å². The van der Waals surface area contributed by atoms with Crippen LogP contribution in [0.3, 0.4) is 0 Å². The number of nitrogens with one attached hydrogen (secondary N) is 2. The van der Waals surface area contributed by atoms with E-state index in [0.717, 1.165) is 37.4 Å². The molecule has 188 valence electrons. The molecule has 1 aliphatic heterocycles. The molecule has 3 heterocycles. The molecule has 1 saturated heterocycles. The number of likely N-dealkylation sites (tertiary alicyclic amines) is 1. The Morgan fingerprint density at radius 1 is 1.06 bits per heavy atom. The van der Waals surface area contributed by atoms with E-state index in [4.69, 9.17) is 33.0 Å². The zero-order valence-corrected chi connectivity index (χ0v) is 22.0.